The predicted molar refractivity (Wildman–Crippen MR) is 70.4 cm³/mol. The van der Waals surface area contributed by atoms with Crippen molar-refractivity contribution in [2.24, 2.45) is 5.92 Å². The Morgan fingerprint density at radius 2 is 1.89 bits per heavy atom. The van der Waals surface area contributed by atoms with E-state index in [1.54, 1.807) is 0 Å². The van der Waals surface area contributed by atoms with Gasteiger partial charge in [-0.05, 0) is 38.1 Å². The molecule has 3 N–H and O–H groups in total. The molecule has 4 nitrogen and oxygen atoms in total. The molecular weight excluding hydrogens is 230 g/mol. The maximum atomic E-state index is 9.80. The molecule has 1 atom stereocenters. The summed E-state index contributed by atoms with van der Waals surface area (Å²) in [6.45, 7) is 1.95. The van der Waals surface area contributed by atoms with Crippen LogP contribution in [0.5, 0.6) is 0 Å². The van der Waals surface area contributed by atoms with Crippen molar-refractivity contribution in [3.05, 3.63) is 0 Å². The topological polar surface area (TPSA) is 61.7 Å². The van der Waals surface area contributed by atoms with Crippen LogP contribution in [0.2, 0.25) is 0 Å². The number of rotatable bonds is 7. The molecule has 0 spiro atoms. The summed E-state index contributed by atoms with van der Waals surface area (Å²) in [4.78, 5) is 0. The van der Waals surface area contributed by atoms with Crippen LogP contribution in [0.3, 0.4) is 0 Å². The Morgan fingerprint density at radius 3 is 2.56 bits per heavy atom. The third-order valence-corrected chi connectivity index (χ3v) is 4.10. The zero-order valence-corrected chi connectivity index (χ0v) is 11.2. The van der Waals surface area contributed by atoms with Crippen LogP contribution in [0, 0.1) is 5.92 Å². The Bertz CT molecular complexity index is 225. The lowest BCUT2D eigenvalue weighted by molar-refractivity contribution is -0.0241. The molecule has 2 fully saturated rings. The maximum Gasteiger partial charge on any atom is 0.0897 e. The average Bonchev–Trinajstić information content (AvgIpc) is 2.35. The molecule has 18 heavy (non-hydrogen) atoms. The molecule has 0 radical (unpaired) electrons. The van der Waals surface area contributed by atoms with Crippen molar-refractivity contribution >= 4 is 0 Å². The molecule has 0 aromatic carbocycles. The Labute approximate surface area is 110 Å². The summed E-state index contributed by atoms with van der Waals surface area (Å²) in [5.41, 5.74) is 0. The van der Waals surface area contributed by atoms with E-state index in [4.69, 9.17) is 9.84 Å². The Hall–Kier alpha value is -0.160. The lowest BCUT2D eigenvalue weighted by Gasteiger charge is -2.31. The van der Waals surface area contributed by atoms with Crippen molar-refractivity contribution in [3.8, 4) is 0 Å². The quantitative estimate of drug-likeness (QED) is 0.638. The van der Waals surface area contributed by atoms with E-state index in [9.17, 15) is 5.11 Å². The highest BCUT2D eigenvalue weighted by molar-refractivity contribution is 4.80. The monoisotopic (exact) mass is 257 g/mol. The van der Waals surface area contributed by atoms with Crippen LogP contribution < -0.4 is 5.32 Å². The number of aliphatic hydroxyl groups excluding tert-OH is 2. The van der Waals surface area contributed by atoms with Gasteiger partial charge in [-0.1, -0.05) is 19.3 Å². The maximum absolute atomic E-state index is 9.80. The molecule has 2 rings (SSSR count). The number of hydrogen-bond donors (Lipinski definition) is 3. The minimum Gasteiger partial charge on any atom is -0.393 e. The first-order valence-electron chi connectivity index (χ1n) is 7.42. The zero-order valence-electron chi connectivity index (χ0n) is 11.2. The first kappa shape index (κ1) is 14.3. The first-order valence-corrected chi connectivity index (χ1v) is 7.42. The van der Waals surface area contributed by atoms with E-state index >= 15 is 0 Å². The highest BCUT2D eigenvalue weighted by Crippen LogP contribution is 2.26. The Morgan fingerprint density at radius 1 is 1.17 bits per heavy atom. The van der Waals surface area contributed by atoms with Gasteiger partial charge in [-0.15, -0.1) is 0 Å². The molecule has 1 unspecified atom stereocenters. The highest BCUT2D eigenvalue weighted by Gasteiger charge is 2.26. The second-order valence-electron chi connectivity index (χ2n) is 5.90. The lowest BCUT2D eigenvalue weighted by Crippen LogP contribution is -2.39. The van der Waals surface area contributed by atoms with Crippen LogP contribution in [-0.4, -0.2) is 48.2 Å². The number of hydrogen-bond acceptors (Lipinski definition) is 4. The molecule has 4 heteroatoms. The van der Waals surface area contributed by atoms with Gasteiger partial charge in [0.05, 0.1) is 24.9 Å². The number of nitrogens with one attached hydrogen (secondary N) is 1. The van der Waals surface area contributed by atoms with Crippen molar-refractivity contribution in [1.29, 1.82) is 0 Å². The fraction of sp³-hybridized carbons (Fsp3) is 1.00. The summed E-state index contributed by atoms with van der Waals surface area (Å²) >= 11 is 0. The van der Waals surface area contributed by atoms with Gasteiger partial charge < -0.3 is 20.3 Å². The largest absolute Gasteiger partial charge is 0.393 e. The highest BCUT2D eigenvalue weighted by atomic mass is 16.5. The minimum absolute atomic E-state index is 0.0867. The third-order valence-electron chi connectivity index (χ3n) is 4.10. The van der Waals surface area contributed by atoms with Gasteiger partial charge in [-0.25, -0.2) is 0 Å². The molecule has 0 amide bonds. The van der Waals surface area contributed by atoms with Gasteiger partial charge in [-0.3, -0.25) is 0 Å². The fourth-order valence-corrected chi connectivity index (χ4v) is 2.86. The number of aliphatic hydroxyl groups is 2. The fourth-order valence-electron chi connectivity index (χ4n) is 2.86. The zero-order chi connectivity index (χ0) is 12.8. The Kier molecular flexibility index (Phi) is 5.89. The van der Waals surface area contributed by atoms with Gasteiger partial charge in [0.15, 0.2) is 0 Å². The molecule has 2 aliphatic carbocycles. The summed E-state index contributed by atoms with van der Waals surface area (Å²) in [7, 11) is 0. The van der Waals surface area contributed by atoms with E-state index in [2.05, 4.69) is 5.32 Å². The molecule has 2 aliphatic rings. The molecular formula is C14H27NO3. The smallest absolute Gasteiger partial charge is 0.0897 e. The molecule has 0 aromatic heterocycles. The number of ether oxygens (including phenoxy) is 1. The molecule has 0 aromatic rings. The predicted octanol–water partition coefficient (Wildman–Crippen LogP) is 1.06. The van der Waals surface area contributed by atoms with Crippen LogP contribution in [0.4, 0.5) is 0 Å². The van der Waals surface area contributed by atoms with Crippen LogP contribution in [0.15, 0.2) is 0 Å². The van der Waals surface area contributed by atoms with Crippen LogP contribution >= 0.6 is 0 Å². The van der Waals surface area contributed by atoms with Crippen molar-refractivity contribution in [2.75, 3.05) is 19.7 Å². The standard InChI is InChI=1S/C14H27NO3/c16-12-6-11(7-12)8-15-9-13(17)10-18-14-4-2-1-3-5-14/h11-17H,1-10H2. The van der Waals surface area contributed by atoms with Gasteiger partial charge >= 0.3 is 0 Å². The van der Waals surface area contributed by atoms with Crippen molar-refractivity contribution in [1.82, 2.24) is 5.32 Å². The second-order valence-corrected chi connectivity index (χ2v) is 5.90. The summed E-state index contributed by atoms with van der Waals surface area (Å²) in [6.07, 6.45) is 7.86. The molecule has 0 aliphatic heterocycles. The van der Waals surface area contributed by atoms with Crippen LogP contribution in [0.1, 0.15) is 44.9 Å². The second kappa shape index (κ2) is 7.43. The summed E-state index contributed by atoms with van der Waals surface area (Å²) in [5.74, 6) is 0.589. The van der Waals surface area contributed by atoms with E-state index in [0.29, 0.717) is 25.2 Å². The Balaban J connectivity index is 1.45. The van der Waals surface area contributed by atoms with Gasteiger partial charge in [0, 0.05) is 6.54 Å². The molecule has 106 valence electrons. The summed E-state index contributed by atoms with van der Waals surface area (Å²) in [6, 6.07) is 0. The average molecular weight is 257 g/mol. The van der Waals surface area contributed by atoms with E-state index in [0.717, 1.165) is 32.2 Å². The van der Waals surface area contributed by atoms with E-state index in [1.165, 1.54) is 19.3 Å². The minimum atomic E-state index is -0.406. The first-order chi connectivity index (χ1) is 8.74. The molecule has 0 bridgehead atoms. The van der Waals surface area contributed by atoms with Crippen LogP contribution in [-0.2, 0) is 4.74 Å². The molecule has 2 saturated carbocycles. The summed E-state index contributed by atoms with van der Waals surface area (Å²) < 4.78 is 5.73. The van der Waals surface area contributed by atoms with Crippen molar-refractivity contribution < 1.29 is 14.9 Å². The van der Waals surface area contributed by atoms with Crippen LogP contribution in [0.25, 0.3) is 0 Å². The van der Waals surface area contributed by atoms with Gasteiger partial charge in [0.2, 0.25) is 0 Å². The van der Waals surface area contributed by atoms with Gasteiger partial charge in [0.1, 0.15) is 0 Å². The van der Waals surface area contributed by atoms with Gasteiger partial charge in [-0.2, -0.15) is 0 Å². The lowest BCUT2D eigenvalue weighted by atomic mass is 9.82. The van der Waals surface area contributed by atoms with Gasteiger partial charge in [0.25, 0.3) is 0 Å². The van der Waals surface area contributed by atoms with Crippen molar-refractivity contribution in [3.63, 3.8) is 0 Å². The molecule has 0 saturated heterocycles. The normalized spacial score (nSPS) is 31.0. The summed E-state index contributed by atoms with van der Waals surface area (Å²) in [5, 5.41) is 22.2. The van der Waals surface area contributed by atoms with Crippen molar-refractivity contribution in [2.45, 2.75) is 63.3 Å². The SMILES string of the molecule is OC(CNCC1CC(O)C1)COC1CCCCC1. The van der Waals surface area contributed by atoms with E-state index in [-0.39, 0.29) is 6.10 Å². The third kappa shape index (κ3) is 4.84. The van der Waals surface area contributed by atoms with E-state index < -0.39 is 6.10 Å². The van der Waals surface area contributed by atoms with E-state index in [1.807, 2.05) is 0 Å². The molecule has 0 heterocycles.